The molecule has 0 unspecified atom stereocenters. The van der Waals surface area contributed by atoms with Gasteiger partial charge in [0.1, 0.15) is 18.5 Å². The Hall–Kier alpha value is -1.96. The smallest absolute Gasteiger partial charge is 0.240 e. The molecule has 1 aliphatic rings. The van der Waals surface area contributed by atoms with Gasteiger partial charge in [-0.3, -0.25) is 4.90 Å². The molecule has 0 saturated carbocycles. The molecule has 7 nitrogen and oxygen atoms in total. The number of benzene rings is 1. The molecule has 1 atom stereocenters. The summed E-state index contributed by atoms with van der Waals surface area (Å²) in [5, 5.41) is 14.3. The van der Waals surface area contributed by atoms with Crippen molar-refractivity contribution in [2.75, 3.05) is 33.3 Å². The van der Waals surface area contributed by atoms with Crippen LogP contribution in [0.25, 0.3) is 0 Å². The molecular formula is C22H34N4O3. The number of nitrogens with zero attached hydrogens (tertiary/aromatic N) is 4. The Bertz CT molecular complexity index is 728. The van der Waals surface area contributed by atoms with E-state index >= 15 is 0 Å². The van der Waals surface area contributed by atoms with Crippen molar-refractivity contribution in [1.29, 1.82) is 0 Å². The molecule has 29 heavy (non-hydrogen) atoms. The normalized spacial score (nSPS) is 16.7. The highest BCUT2D eigenvalue weighted by atomic mass is 16.5. The molecule has 2 aromatic rings. The molecule has 1 aromatic carbocycles. The first-order valence-corrected chi connectivity index (χ1v) is 10.7. The van der Waals surface area contributed by atoms with Gasteiger partial charge in [0.05, 0.1) is 6.54 Å². The lowest BCUT2D eigenvalue weighted by Gasteiger charge is -2.23. The molecule has 160 valence electrons. The summed E-state index contributed by atoms with van der Waals surface area (Å²) in [5.74, 6) is 2.16. The quantitative estimate of drug-likeness (QED) is 0.655. The first kappa shape index (κ1) is 21.7. The number of aromatic nitrogens is 2. The van der Waals surface area contributed by atoms with E-state index in [4.69, 9.17) is 9.26 Å². The average Bonchev–Trinajstić information content (AvgIpc) is 3.00. The molecule has 0 spiro atoms. The number of hydrogen-bond donors (Lipinski definition) is 1. The van der Waals surface area contributed by atoms with Crippen molar-refractivity contribution in [1.82, 2.24) is 19.9 Å². The van der Waals surface area contributed by atoms with Crippen LogP contribution < -0.4 is 4.74 Å². The minimum Gasteiger partial charge on any atom is -0.491 e. The first-order valence-electron chi connectivity index (χ1n) is 10.7. The highest BCUT2D eigenvalue weighted by Gasteiger charge is 2.14. The molecule has 1 N–H and O–H groups in total. The first-order chi connectivity index (χ1) is 14.1. The number of ether oxygens (including phenoxy) is 1. The van der Waals surface area contributed by atoms with Gasteiger partial charge in [0.15, 0.2) is 5.82 Å². The van der Waals surface area contributed by atoms with Crippen LogP contribution in [-0.4, -0.2) is 64.4 Å². The summed E-state index contributed by atoms with van der Waals surface area (Å²) < 4.78 is 11.1. The van der Waals surface area contributed by atoms with Gasteiger partial charge in [-0.05, 0) is 50.7 Å². The minimum atomic E-state index is -0.468. The van der Waals surface area contributed by atoms with Gasteiger partial charge in [0.2, 0.25) is 5.89 Å². The van der Waals surface area contributed by atoms with Gasteiger partial charge in [0, 0.05) is 19.5 Å². The number of aryl methyl sites for hydroxylation is 1. The largest absolute Gasteiger partial charge is 0.491 e. The Morgan fingerprint density at radius 2 is 2.00 bits per heavy atom. The predicted molar refractivity (Wildman–Crippen MR) is 112 cm³/mol. The predicted octanol–water partition coefficient (Wildman–Crippen LogP) is 2.88. The third-order valence-electron chi connectivity index (χ3n) is 5.19. The van der Waals surface area contributed by atoms with Crippen molar-refractivity contribution in [3.05, 3.63) is 41.5 Å². The van der Waals surface area contributed by atoms with Gasteiger partial charge in [-0.1, -0.05) is 37.1 Å². The Kier molecular flexibility index (Phi) is 8.46. The number of likely N-dealkylation sites (tertiary alicyclic amines) is 1. The van der Waals surface area contributed by atoms with Crippen LogP contribution in [0.3, 0.4) is 0 Å². The second-order valence-corrected chi connectivity index (χ2v) is 7.96. The molecule has 1 aromatic heterocycles. The van der Waals surface area contributed by atoms with Gasteiger partial charge in [-0.15, -0.1) is 0 Å². The lowest BCUT2D eigenvalue weighted by molar-refractivity contribution is 0.0693. The van der Waals surface area contributed by atoms with Crippen LogP contribution in [0.1, 0.15) is 49.9 Å². The zero-order chi connectivity index (χ0) is 20.5. The third kappa shape index (κ3) is 7.42. The van der Waals surface area contributed by atoms with Crippen LogP contribution in [0.2, 0.25) is 0 Å². The fourth-order valence-corrected chi connectivity index (χ4v) is 3.69. The van der Waals surface area contributed by atoms with Crippen LogP contribution in [0.15, 0.2) is 28.8 Å². The summed E-state index contributed by atoms with van der Waals surface area (Å²) in [6, 6.07) is 8.03. The fourth-order valence-electron chi connectivity index (χ4n) is 3.69. The van der Waals surface area contributed by atoms with E-state index < -0.39 is 6.10 Å². The van der Waals surface area contributed by atoms with E-state index in [9.17, 15) is 5.11 Å². The van der Waals surface area contributed by atoms with Crippen LogP contribution in [0, 0.1) is 0 Å². The maximum absolute atomic E-state index is 10.4. The number of aliphatic hydroxyl groups is 1. The van der Waals surface area contributed by atoms with Gasteiger partial charge >= 0.3 is 0 Å². The van der Waals surface area contributed by atoms with Crippen molar-refractivity contribution >= 4 is 0 Å². The summed E-state index contributed by atoms with van der Waals surface area (Å²) in [6.45, 7) is 6.53. The highest BCUT2D eigenvalue weighted by Crippen LogP contribution is 2.16. The Morgan fingerprint density at radius 3 is 2.72 bits per heavy atom. The van der Waals surface area contributed by atoms with Crippen molar-refractivity contribution in [3.63, 3.8) is 0 Å². The van der Waals surface area contributed by atoms with Crippen LogP contribution in [0.4, 0.5) is 0 Å². The molecule has 3 rings (SSSR count). The summed E-state index contributed by atoms with van der Waals surface area (Å²) in [7, 11) is 2.02. The number of β-amino-alcohol motifs (C(OH)–C–C–N with tert-alkyl or cyclic N) is 1. The highest BCUT2D eigenvalue weighted by molar-refractivity contribution is 5.28. The van der Waals surface area contributed by atoms with Crippen molar-refractivity contribution < 1.29 is 14.4 Å². The van der Waals surface area contributed by atoms with Gasteiger partial charge in [0.25, 0.3) is 0 Å². The molecule has 0 aliphatic carbocycles. The molecule has 1 aliphatic heterocycles. The Balaban J connectivity index is 1.44. The van der Waals surface area contributed by atoms with E-state index in [1.54, 1.807) is 0 Å². The van der Waals surface area contributed by atoms with E-state index in [0.717, 1.165) is 43.2 Å². The van der Waals surface area contributed by atoms with Gasteiger partial charge in [-0.2, -0.15) is 4.98 Å². The second-order valence-electron chi connectivity index (χ2n) is 7.96. The summed E-state index contributed by atoms with van der Waals surface area (Å²) in [6.07, 6.45) is 5.37. The zero-order valence-corrected chi connectivity index (χ0v) is 17.7. The van der Waals surface area contributed by atoms with Crippen LogP contribution in [0.5, 0.6) is 5.75 Å². The van der Waals surface area contributed by atoms with E-state index in [2.05, 4.69) is 26.0 Å². The monoisotopic (exact) mass is 402 g/mol. The second kappa shape index (κ2) is 11.3. The zero-order valence-electron chi connectivity index (χ0n) is 17.7. The third-order valence-corrected chi connectivity index (χ3v) is 5.19. The summed E-state index contributed by atoms with van der Waals surface area (Å²) >= 11 is 0. The van der Waals surface area contributed by atoms with Crippen molar-refractivity contribution in [2.24, 2.45) is 0 Å². The lowest BCUT2D eigenvalue weighted by atomic mass is 10.2. The topological polar surface area (TPSA) is 74.9 Å². The number of hydrogen-bond acceptors (Lipinski definition) is 7. The van der Waals surface area contributed by atoms with Crippen molar-refractivity contribution in [3.8, 4) is 5.75 Å². The van der Waals surface area contributed by atoms with Crippen LogP contribution >= 0.6 is 0 Å². The maximum Gasteiger partial charge on any atom is 0.240 e. The van der Waals surface area contributed by atoms with E-state index in [1.165, 1.54) is 25.7 Å². The molecule has 1 saturated heterocycles. The molecular weight excluding hydrogens is 368 g/mol. The molecule has 7 heteroatoms. The molecule has 0 bridgehead atoms. The number of aliphatic hydroxyl groups excluding tert-OH is 1. The Morgan fingerprint density at radius 1 is 1.21 bits per heavy atom. The Labute approximate surface area is 173 Å². The van der Waals surface area contributed by atoms with Gasteiger partial charge < -0.3 is 19.3 Å². The maximum atomic E-state index is 10.4. The fraction of sp³-hybridized carbons (Fsp3) is 0.636. The molecule has 0 radical (unpaired) electrons. The number of rotatable bonds is 10. The van der Waals surface area contributed by atoms with E-state index in [1.807, 2.05) is 32.2 Å². The van der Waals surface area contributed by atoms with E-state index in [0.29, 0.717) is 25.6 Å². The molecule has 1 fully saturated rings. The van der Waals surface area contributed by atoms with E-state index in [-0.39, 0.29) is 0 Å². The minimum absolute atomic E-state index is 0.317. The average molecular weight is 403 g/mol. The summed E-state index contributed by atoms with van der Waals surface area (Å²) in [5.41, 5.74) is 1.14. The van der Waals surface area contributed by atoms with Gasteiger partial charge in [-0.25, -0.2) is 0 Å². The molecule has 0 amide bonds. The molecule has 2 heterocycles. The summed E-state index contributed by atoms with van der Waals surface area (Å²) in [4.78, 5) is 8.83. The standard InChI is InChI=1S/C22H34N4O3/c1-3-21-23-22(29-24-21)16-25(2)14-18-9-8-10-20(13-18)28-17-19(27)15-26-11-6-4-5-7-12-26/h8-10,13,19,27H,3-7,11-12,14-17H2,1-2H3/t19-/m0/s1. The SMILES string of the molecule is CCc1noc(CN(C)Cc2cccc(OC[C@@H](O)CN3CCCCCC3)c2)n1. The van der Waals surface area contributed by atoms with Crippen LogP contribution in [-0.2, 0) is 19.5 Å². The lowest BCUT2D eigenvalue weighted by Crippen LogP contribution is -2.36. The van der Waals surface area contributed by atoms with Crippen molar-refractivity contribution in [2.45, 2.75) is 58.2 Å².